The van der Waals surface area contributed by atoms with Gasteiger partial charge in [-0.25, -0.2) is 4.98 Å². The predicted molar refractivity (Wildman–Crippen MR) is 84.5 cm³/mol. The number of aromatic nitrogens is 1. The third kappa shape index (κ3) is 3.72. The molecular weight excluding hydrogens is 318 g/mol. The van der Waals surface area contributed by atoms with Crippen LogP contribution in [0.15, 0.2) is 16.7 Å². The van der Waals surface area contributed by atoms with Crippen LogP contribution in [0.2, 0.25) is 0 Å². The van der Waals surface area contributed by atoms with Crippen LogP contribution in [0.25, 0.3) is 0 Å². The molecule has 1 aromatic rings. The largest absolute Gasteiger partial charge is 0.383 e. The first-order valence-electron chi connectivity index (χ1n) is 7.32. The molecule has 0 spiro atoms. The lowest BCUT2D eigenvalue weighted by Crippen LogP contribution is -2.32. The molecule has 0 bridgehead atoms. The minimum absolute atomic E-state index is 0.00782. The van der Waals surface area contributed by atoms with Gasteiger partial charge in [-0.1, -0.05) is 19.8 Å². The summed E-state index contributed by atoms with van der Waals surface area (Å²) < 4.78 is 0.786. The normalized spacial score (nSPS) is 19.7. The molecule has 2 rings (SSSR count). The number of nitrogens with zero attached hydrogens (tertiary/aromatic N) is 2. The topological polar surface area (TPSA) is 59.2 Å². The van der Waals surface area contributed by atoms with Gasteiger partial charge in [0, 0.05) is 23.8 Å². The molecule has 4 nitrogen and oxygen atoms in total. The van der Waals surface area contributed by atoms with E-state index >= 15 is 0 Å². The van der Waals surface area contributed by atoms with Gasteiger partial charge in [0.25, 0.3) is 5.91 Å². The molecule has 1 unspecified atom stereocenters. The van der Waals surface area contributed by atoms with Crippen LogP contribution in [0.1, 0.15) is 49.4 Å². The van der Waals surface area contributed by atoms with E-state index in [2.05, 4.69) is 27.8 Å². The summed E-state index contributed by atoms with van der Waals surface area (Å²) in [4.78, 5) is 18.5. The van der Waals surface area contributed by atoms with Crippen LogP contribution < -0.4 is 5.73 Å². The predicted octanol–water partition coefficient (Wildman–Crippen LogP) is 3.47. The molecule has 20 heavy (non-hydrogen) atoms. The van der Waals surface area contributed by atoms with Crippen molar-refractivity contribution >= 4 is 27.7 Å². The number of anilines is 1. The van der Waals surface area contributed by atoms with Gasteiger partial charge in [0.2, 0.25) is 0 Å². The summed E-state index contributed by atoms with van der Waals surface area (Å²) in [5, 5.41) is 0. The van der Waals surface area contributed by atoms with Crippen molar-refractivity contribution < 1.29 is 4.79 Å². The molecule has 0 aliphatic carbocycles. The number of likely N-dealkylation sites (tertiary alicyclic amines) is 1. The summed E-state index contributed by atoms with van der Waals surface area (Å²) in [6, 6.07) is 1.76. The van der Waals surface area contributed by atoms with Crippen molar-refractivity contribution in [3.8, 4) is 0 Å². The number of nitrogens with two attached hydrogens (primary N) is 1. The molecule has 2 N–H and O–H groups in total. The van der Waals surface area contributed by atoms with Gasteiger partial charge in [0.1, 0.15) is 5.82 Å². The first-order valence-corrected chi connectivity index (χ1v) is 8.11. The number of hydrogen-bond donors (Lipinski definition) is 1. The first-order chi connectivity index (χ1) is 9.61. The molecule has 1 aliphatic heterocycles. The van der Waals surface area contributed by atoms with Gasteiger partial charge in [0.05, 0.1) is 5.56 Å². The number of pyridine rings is 1. The second kappa shape index (κ2) is 7.07. The summed E-state index contributed by atoms with van der Waals surface area (Å²) in [6.07, 6.45) is 7.51. The fourth-order valence-electron chi connectivity index (χ4n) is 2.86. The van der Waals surface area contributed by atoms with Crippen LogP contribution in [-0.4, -0.2) is 28.9 Å². The summed E-state index contributed by atoms with van der Waals surface area (Å²) in [5.41, 5.74) is 6.34. The molecule has 1 amide bonds. The Morgan fingerprint density at radius 2 is 2.30 bits per heavy atom. The van der Waals surface area contributed by atoms with Crippen molar-refractivity contribution in [2.24, 2.45) is 5.92 Å². The number of amides is 1. The molecule has 1 aromatic heterocycles. The van der Waals surface area contributed by atoms with Gasteiger partial charge in [-0.05, 0) is 47.2 Å². The highest BCUT2D eigenvalue weighted by molar-refractivity contribution is 9.10. The van der Waals surface area contributed by atoms with Crippen molar-refractivity contribution in [3.05, 3.63) is 22.3 Å². The number of rotatable bonds is 3. The van der Waals surface area contributed by atoms with E-state index in [1.54, 1.807) is 12.3 Å². The standard InChI is InChI=1S/C15H22BrN3O/c1-2-4-11-5-3-7-19(8-6-11)15(20)13-9-12(16)10-18-14(13)17/h9-11H,2-8H2,1H3,(H2,17,18). The minimum atomic E-state index is 0.00782. The molecule has 1 fully saturated rings. The molecule has 0 saturated carbocycles. The smallest absolute Gasteiger partial charge is 0.257 e. The third-order valence-corrected chi connectivity index (χ3v) is 4.38. The van der Waals surface area contributed by atoms with Gasteiger partial charge in [-0.3, -0.25) is 4.79 Å². The number of halogens is 1. The summed E-state index contributed by atoms with van der Waals surface area (Å²) in [5.74, 6) is 1.08. The third-order valence-electron chi connectivity index (χ3n) is 3.95. The Balaban J connectivity index is 2.07. The number of carbonyl (C=O) groups is 1. The molecular formula is C15H22BrN3O. The lowest BCUT2D eigenvalue weighted by molar-refractivity contribution is 0.0760. The molecule has 0 aromatic carbocycles. The van der Waals surface area contributed by atoms with E-state index in [0.717, 1.165) is 36.3 Å². The second-order valence-electron chi connectivity index (χ2n) is 5.46. The van der Waals surface area contributed by atoms with Crippen molar-refractivity contribution in [1.29, 1.82) is 0 Å². The fourth-order valence-corrected chi connectivity index (χ4v) is 3.19. The van der Waals surface area contributed by atoms with Gasteiger partial charge < -0.3 is 10.6 Å². The highest BCUT2D eigenvalue weighted by Gasteiger charge is 2.23. The highest BCUT2D eigenvalue weighted by atomic mass is 79.9. The molecule has 1 aliphatic rings. The quantitative estimate of drug-likeness (QED) is 0.917. The number of hydrogen-bond acceptors (Lipinski definition) is 3. The van der Waals surface area contributed by atoms with E-state index in [1.807, 2.05) is 4.90 Å². The first kappa shape index (κ1) is 15.3. The molecule has 1 saturated heterocycles. The van der Waals surface area contributed by atoms with E-state index < -0.39 is 0 Å². The zero-order valence-electron chi connectivity index (χ0n) is 11.9. The Bertz CT molecular complexity index is 478. The van der Waals surface area contributed by atoms with Gasteiger partial charge in [-0.15, -0.1) is 0 Å². The lowest BCUT2D eigenvalue weighted by atomic mass is 9.96. The Hall–Kier alpha value is -1.10. The van der Waals surface area contributed by atoms with Crippen LogP contribution in [-0.2, 0) is 0 Å². The van der Waals surface area contributed by atoms with Crippen LogP contribution in [0, 0.1) is 5.92 Å². The monoisotopic (exact) mass is 339 g/mol. The number of nitrogen functional groups attached to an aromatic ring is 1. The van der Waals surface area contributed by atoms with Crippen LogP contribution >= 0.6 is 15.9 Å². The van der Waals surface area contributed by atoms with E-state index in [9.17, 15) is 4.79 Å². The van der Waals surface area contributed by atoms with Crippen LogP contribution in [0.5, 0.6) is 0 Å². The molecule has 1 atom stereocenters. The highest BCUT2D eigenvalue weighted by Crippen LogP contribution is 2.24. The Morgan fingerprint density at radius 1 is 1.50 bits per heavy atom. The summed E-state index contributed by atoms with van der Waals surface area (Å²) in [7, 11) is 0. The Kier molecular flexibility index (Phi) is 5.40. The maximum Gasteiger partial charge on any atom is 0.257 e. The maximum absolute atomic E-state index is 12.6. The van der Waals surface area contributed by atoms with Crippen molar-refractivity contribution in [1.82, 2.24) is 9.88 Å². The van der Waals surface area contributed by atoms with Gasteiger partial charge in [0.15, 0.2) is 0 Å². The maximum atomic E-state index is 12.6. The zero-order chi connectivity index (χ0) is 14.5. The van der Waals surface area contributed by atoms with Crippen molar-refractivity contribution in [2.45, 2.75) is 39.0 Å². The SMILES string of the molecule is CCCC1CCCN(C(=O)c2cc(Br)cnc2N)CC1. The second-order valence-corrected chi connectivity index (χ2v) is 6.38. The lowest BCUT2D eigenvalue weighted by Gasteiger charge is -2.21. The average molecular weight is 340 g/mol. The van der Waals surface area contributed by atoms with Crippen molar-refractivity contribution in [2.75, 3.05) is 18.8 Å². The van der Waals surface area contributed by atoms with E-state index in [-0.39, 0.29) is 5.91 Å². The summed E-state index contributed by atoms with van der Waals surface area (Å²) in [6.45, 7) is 3.88. The van der Waals surface area contributed by atoms with Gasteiger partial charge in [-0.2, -0.15) is 0 Å². The van der Waals surface area contributed by atoms with Crippen LogP contribution in [0.4, 0.5) is 5.82 Å². The van der Waals surface area contributed by atoms with Crippen molar-refractivity contribution in [3.63, 3.8) is 0 Å². The Labute approximate surface area is 128 Å². The average Bonchev–Trinajstić information content (AvgIpc) is 2.67. The fraction of sp³-hybridized carbons (Fsp3) is 0.600. The minimum Gasteiger partial charge on any atom is -0.383 e. The van der Waals surface area contributed by atoms with Gasteiger partial charge >= 0.3 is 0 Å². The van der Waals surface area contributed by atoms with E-state index in [0.29, 0.717) is 11.4 Å². The molecule has 0 radical (unpaired) electrons. The van der Waals surface area contributed by atoms with E-state index in [1.165, 1.54) is 19.3 Å². The number of carbonyl (C=O) groups excluding carboxylic acids is 1. The summed E-state index contributed by atoms with van der Waals surface area (Å²) >= 11 is 3.35. The molecule has 5 heteroatoms. The molecule has 110 valence electrons. The molecule has 2 heterocycles. The Morgan fingerprint density at radius 3 is 3.05 bits per heavy atom. The zero-order valence-corrected chi connectivity index (χ0v) is 13.5. The van der Waals surface area contributed by atoms with Crippen LogP contribution in [0.3, 0.4) is 0 Å². The van der Waals surface area contributed by atoms with E-state index in [4.69, 9.17) is 5.73 Å².